The lowest BCUT2D eigenvalue weighted by atomic mass is 10.2. The molecule has 2 aromatic carbocycles. The van der Waals surface area contributed by atoms with Gasteiger partial charge in [0.05, 0.1) is 11.9 Å². The van der Waals surface area contributed by atoms with Crippen molar-refractivity contribution in [3.05, 3.63) is 59.9 Å². The zero-order valence-corrected chi connectivity index (χ0v) is 8.97. The van der Waals surface area contributed by atoms with Gasteiger partial charge in [-0.1, -0.05) is 0 Å². The van der Waals surface area contributed by atoms with Gasteiger partial charge in [-0.25, -0.2) is 4.39 Å². The lowest BCUT2D eigenvalue weighted by Gasteiger charge is -1.99. The van der Waals surface area contributed by atoms with Crippen molar-refractivity contribution in [2.75, 3.05) is 5.43 Å². The van der Waals surface area contributed by atoms with Gasteiger partial charge in [0.1, 0.15) is 11.6 Å². The van der Waals surface area contributed by atoms with E-state index in [9.17, 15) is 4.39 Å². The number of hydrogen-bond acceptors (Lipinski definition) is 3. The van der Waals surface area contributed by atoms with Crippen LogP contribution in [0.2, 0.25) is 0 Å². The summed E-state index contributed by atoms with van der Waals surface area (Å²) in [5.41, 5.74) is 4.34. The van der Waals surface area contributed by atoms with Gasteiger partial charge in [-0.05, 0) is 54.1 Å². The Hall–Kier alpha value is -2.36. The van der Waals surface area contributed by atoms with Crippen molar-refractivity contribution in [2.45, 2.75) is 0 Å². The van der Waals surface area contributed by atoms with Gasteiger partial charge < -0.3 is 5.11 Å². The molecule has 0 bridgehead atoms. The number of benzene rings is 2. The molecule has 17 heavy (non-hydrogen) atoms. The van der Waals surface area contributed by atoms with Gasteiger partial charge in [0.2, 0.25) is 0 Å². The molecule has 3 nitrogen and oxygen atoms in total. The second-order valence-corrected chi connectivity index (χ2v) is 3.47. The molecule has 0 aliphatic heterocycles. The third-order valence-electron chi connectivity index (χ3n) is 2.14. The number of hydrogen-bond donors (Lipinski definition) is 2. The first-order chi connectivity index (χ1) is 8.24. The Labute approximate surface area is 98.2 Å². The number of nitrogens with zero attached hydrogens (tertiary/aromatic N) is 1. The molecular weight excluding hydrogens is 219 g/mol. The molecule has 2 rings (SSSR count). The summed E-state index contributed by atoms with van der Waals surface area (Å²) in [4.78, 5) is 0. The van der Waals surface area contributed by atoms with Crippen LogP contribution < -0.4 is 5.43 Å². The topological polar surface area (TPSA) is 44.6 Å². The maximum Gasteiger partial charge on any atom is 0.123 e. The quantitative estimate of drug-likeness (QED) is 0.629. The summed E-state index contributed by atoms with van der Waals surface area (Å²) in [7, 11) is 0. The first-order valence-corrected chi connectivity index (χ1v) is 5.08. The Morgan fingerprint density at radius 3 is 2.29 bits per heavy atom. The van der Waals surface area contributed by atoms with E-state index < -0.39 is 0 Å². The van der Waals surface area contributed by atoms with E-state index in [4.69, 9.17) is 5.11 Å². The molecule has 0 aliphatic carbocycles. The summed E-state index contributed by atoms with van der Waals surface area (Å²) in [6.45, 7) is 0. The normalized spacial score (nSPS) is 10.6. The van der Waals surface area contributed by atoms with E-state index in [0.717, 1.165) is 5.56 Å². The lowest BCUT2D eigenvalue weighted by molar-refractivity contribution is 0.475. The van der Waals surface area contributed by atoms with Gasteiger partial charge in [0.15, 0.2) is 0 Å². The van der Waals surface area contributed by atoms with Crippen LogP contribution in [-0.4, -0.2) is 11.3 Å². The van der Waals surface area contributed by atoms with E-state index >= 15 is 0 Å². The molecular formula is C13H11FN2O. The number of aromatic hydroxyl groups is 1. The van der Waals surface area contributed by atoms with Crippen molar-refractivity contribution in [2.24, 2.45) is 5.10 Å². The van der Waals surface area contributed by atoms with Crippen LogP contribution in [0.4, 0.5) is 10.1 Å². The number of phenols is 1. The van der Waals surface area contributed by atoms with Crippen molar-refractivity contribution in [1.82, 2.24) is 0 Å². The summed E-state index contributed by atoms with van der Waals surface area (Å²) in [6, 6.07) is 12.6. The zero-order valence-electron chi connectivity index (χ0n) is 8.97. The largest absolute Gasteiger partial charge is 0.508 e. The van der Waals surface area contributed by atoms with Crippen molar-refractivity contribution in [3.63, 3.8) is 0 Å². The highest BCUT2D eigenvalue weighted by Crippen LogP contribution is 2.09. The van der Waals surface area contributed by atoms with Crippen LogP contribution in [0.5, 0.6) is 5.75 Å². The molecule has 0 radical (unpaired) electrons. The maximum atomic E-state index is 12.6. The van der Waals surface area contributed by atoms with Crippen LogP contribution in [-0.2, 0) is 0 Å². The summed E-state index contributed by atoms with van der Waals surface area (Å²) < 4.78 is 12.6. The van der Waals surface area contributed by atoms with Crippen molar-refractivity contribution in [3.8, 4) is 5.75 Å². The Bertz CT molecular complexity index is 506. The van der Waals surface area contributed by atoms with E-state index in [1.807, 2.05) is 0 Å². The summed E-state index contributed by atoms with van der Waals surface area (Å²) >= 11 is 0. The average Bonchev–Trinajstić information content (AvgIpc) is 2.34. The zero-order chi connectivity index (χ0) is 12.1. The van der Waals surface area contributed by atoms with Crippen LogP contribution in [0, 0.1) is 5.82 Å². The second kappa shape index (κ2) is 5.12. The highest BCUT2D eigenvalue weighted by Gasteiger charge is 1.91. The number of phenolic OH excluding ortho intramolecular Hbond substituents is 1. The van der Waals surface area contributed by atoms with Crippen LogP contribution in [0.15, 0.2) is 53.6 Å². The number of rotatable bonds is 3. The first-order valence-electron chi connectivity index (χ1n) is 5.08. The Morgan fingerprint density at radius 1 is 1.00 bits per heavy atom. The molecule has 0 atom stereocenters. The molecule has 86 valence electrons. The fourth-order valence-electron chi connectivity index (χ4n) is 1.27. The van der Waals surface area contributed by atoms with Crippen LogP contribution in [0.25, 0.3) is 0 Å². The van der Waals surface area contributed by atoms with Crippen LogP contribution in [0.1, 0.15) is 5.56 Å². The Balaban J connectivity index is 1.97. The van der Waals surface area contributed by atoms with E-state index in [-0.39, 0.29) is 11.6 Å². The number of anilines is 1. The summed E-state index contributed by atoms with van der Waals surface area (Å²) in [5, 5.41) is 13.1. The predicted octanol–water partition coefficient (Wildman–Crippen LogP) is 2.98. The molecule has 0 aromatic heterocycles. The highest BCUT2D eigenvalue weighted by atomic mass is 19.1. The minimum absolute atomic E-state index is 0.216. The molecule has 0 saturated heterocycles. The van der Waals surface area contributed by atoms with E-state index in [1.165, 1.54) is 12.1 Å². The molecule has 2 aromatic rings. The molecule has 4 heteroatoms. The fourth-order valence-corrected chi connectivity index (χ4v) is 1.27. The third kappa shape index (κ3) is 3.31. The number of hydrazone groups is 1. The van der Waals surface area contributed by atoms with Gasteiger partial charge in [0.25, 0.3) is 0 Å². The summed E-state index contributed by atoms with van der Waals surface area (Å²) in [5.74, 6) is -0.0632. The minimum atomic E-state index is -0.280. The van der Waals surface area contributed by atoms with Gasteiger partial charge in [0, 0.05) is 0 Å². The second-order valence-electron chi connectivity index (χ2n) is 3.47. The van der Waals surface area contributed by atoms with Gasteiger partial charge in [-0.3, -0.25) is 5.43 Å². The fraction of sp³-hybridized carbons (Fsp3) is 0. The van der Waals surface area contributed by atoms with Crippen molar-refractivity contribution < 1.29 is 9.50 Å². The number of halogens is 1. The molecule has 0 unspecified atom stereocenters. The molecule has 0 aliphatic rings. The van der Waals surface area contributed by atoms with E-state index in [0.29, 0.717) is 5.69 Å². The number of nitrogens with one attached hydrogen (secondary N) is 1. The van der Waals surface area contributed by atoms with Gasteiger partial charge in [-0.2, -0.15) is 5.10 Å². The SMILES string of the molecule is Oc1ccc(C=NNc2ccc(F)cc2)cc1. The van der Waals surface area contributed by atoms with E-state index in [1.54, 1.807) is 42.6 Å². The molecule has 2 N–H and O–H groups in total. The smallest absolute Gasteiger partial charge is 0.123 e. The van der Waals surface area contributed by atoms with Crippen molar-refractivity contribution in [1.29, 1.82) is 0 Å². The molecule has 0 fully saturated rings. The summed E-state index contributed by atoms with van der Waals surface area (Å²) in [6.07, 6.45) is 1.61. The molecule has 0 amide bonds. The van der Waals surface area contributed by atoms with Gasteiger partial charge in [-0.15, -0.1) is 0 Å². The first kappa shape index (κ1) is 11.1. The molecule has 0 heterocycles. The van der Waals surface area contributed by atoms with Crippen LogP contribution >= 0.6 is 0 Å². The highest BCUT2D eigenvalue weighted by molar-refractivity contribution is 5.80. The standard InChI is InChI=1S/C13H11FN2O/c14-11-3-5-12(6-4-11)16-15-9-10-1-7-13(17)8-2-10/h1-9,16-17H. The lowest BCUT2D eigenvalue weighted by Crippen LogP contribution is -1.90. The van der Waals surface area contributed by atoms with E-state index in [2.05, 4.69) is 10.5 Å². The maximum absolute atomic E-state index is 12.6. The Kier molecular flexibility index (Phi) is 3.35. The predicted molar refractivity (Wildman–Crippen MR) is 65.7 cm³/mol. The van der Waals surface area contributed by atoms with Crippen LogP contribution in [0.3, 0.4) is 0 Å². The minimum Gasteiger partial charge on any atom is -0.508 e. The third-order valence-corrected chi connectivity index (χ3v) is 2.14. The average molecular weight is 230 g/mol. The molecule has 0 saturated carbocycles. The molecule has 0 spiro atoms. The monoisotopic (exact) mass is 230 g/mol. The van der Waals surface area contributed by atoms with Crippen molar-refractivity contribution >= 4 is 11.9 Å². The van der Waals surface area contributed by atoms with Gasteiger partial charge >= 0.3 is 0 Å². The Morgan fingerprint density at radius 2 is 1.65 bits per heavy atom.